The molecule has 2 fully saturated rings. The topological polar surface area (TPSA) is 91.0 Å². The Hall–Kier alpha value is -2.26. The first-order valence-electron chi connectivity index (χ1n) is 13.3. The number of benzene rings is 1. The van der Waals surface area contributed by atoms with Gasteiger partial charge in [-0.3, -0.25) is 9.59 Å². The first-order chi connectivity index (χ1) is 17.5. The second kappa shape index (κ2) is 14.5. The maximum atomic E-state index is 13.4. The number of hydrogen-bond donors (Lipinski definition) is 2. The number of unbranched alkanes of at least 4 members (excludes halogenated alkanes) is 1. The van der Waals surface area contributed by atoms with Gasteiger partial charge >= 0.3 is 6.09 Å². The predicted molar refractivity (Wildman–Crippen MR) is 144 cm³/mol. The van der Waals surface area contributed by atoms with Gasteiger partial charge in [0.05, 0.1) is 0 Å². The van der Waals surface area contributed by atoms with Gasteiger partial charge in [-0.1, -0.05) is 37.3 Å². The van der Waals surface area contributed by atoms with Gasteiger partial charge in [0.2, 0.25) is 11.8 Å². The fourth-order valence-corrected chi connectivity index (χ4v) is 5.55. The highest BCUT2D eigenvalue weighted by atomic mass is 32.2. The van der Waals surface area contributed by atoms with Crippen LogP contribution in [-0.4, -0.2) is 84.0 Å². The van der Waals surface area contributed by atoms with Gasteiger partial charge in [0, 0.05) is 26.2 Å². The minimum atomic E-state index is -0.705. The van der Waals surface area contributed by atoms with E-state index >= 15 is 0 Å². The Morgan fingerprint density at radius 3 is 2.58 bits per heavy atom. The van der Waals surface area contributed by atoms with Crippen LogP contribution < -0.4 is 10.6 Å². The van der Waals surface area contributed by atoms with Crippen molar-refractivity contribution in [1.29, 1.82) is 0 Å². The summed E-state index contributed by atoms with van der Waals surface area (Å²) in [6.45, 7) is 6.14. The number of alkyl carbamates (subject to hydrolysis) is 1. The zero-order valence-corrected chi connectivity index (χ0v) is 22.6. The molecule has 1 aromatic carbocycles. The van der Waals surface area contributed by atoms with Crippen molar-refractivity contribution in [2.24, 2.45) is 0 Å². The van der Waals surface area contributed by atoms with E-state index < -0.39 is 17.7 Å². The Labute approximate surface area is 219 Å². The summed E-state index contributed by atoms with van der Waals surface area (Å²) in [6.07, 6.45) is 7.08. The maximum absolute atomic E-state index is 13.4. The number of carbonyl (C=O) groups is 3. The Balaban J connectivity index is 1.42. The Morgan fingerprint density at radius 2 is 1.89 bits per heavy atom. The van der Waals surface area contributed by atoms with Crippen LogP contribution in [0.5, 0.6) is 0 Å². The largest absolute Gasteiger partial charge is 0.445 e. The second-order valence-electron chi connectivity index (χ2n) is 9.72. The molecule has 2 aliphatic rings. The Kier molecular flexibility index (Phi) is 11.4. The average molecular weight is 519 g/mol. The first kappa shape index (κ1) is 28.3. The van der Waals surface area contributed by atoms with E-state index in [-0.39, 0.29) is 18.4 Å². The third kappa shape index (κ3) is 7.62. The van der Waals surface area contributed by atoms with Gasteiger partial charge in [-0.15, -0.1) is 0 Å². The van der Waals surface area contributed by atoms with E-state index in [1.54, 1.807) is 0 Å². The highest BCUT2D eigenvalue weighted by molar-refractivity contribution is 7.98. The van der Waals surface area contributed by atoms with Crippen LogP contribution in [0.2, 0.25) is 0 Å². The van der Waals surface area contributed by atoms with Crippen LogP contribution in [0, 0.1) is 0 Å². The third-order valence-electron chi connectivity index (χ3n) is 7.16. The molecule has 8 nitrogen and oxygen atoms in total. The van der Waals surface area contributed by atoms with Gasteiger partial charge < -0.3 is 25.2 Å². The molecule has 0 aromatic heterocycles. The first-order valence-corrected chi connectivity index (χ1v) is 14.7. The second-order valence-corrected chi connectivity index (χ2v) is 10.7. The number of hydrogen-bond acceptors (Lipinski definition) is 6. The van der Waals surface area contributed by atoms with Gasteiger partial charge in [0.1, 0.15) is 18.2 Å². The molecule has 1 atom stereocenters. The number of thioether (sulfide) groups is 1. The van der Waals surface area contributed by atoms with E-state index in [2.05, 4.69) is 28.7 Å². The smallest absolute Gasteiger partial charge is 0.407 e. The van der Waals surface area contributed by atoms with Crippen molar-refractivity contribution in [2.75, 3.05) is 44.7 Å². The van der Waals surface area contributed by atoms with Crippen LogP contribution in [0.1, 0.15) is 57.4 Å². The number of rotatable bonds is 13. The predicted octanol–water partition coefficient (Wildman–Crippen LogP) is 3.41. The molecule has 3 rings (SSSR count). The number of amides is 3. The van der Waals surface area contributed by atoms with Crippen LogP contribution >= 0.6 is 11.8 Å². The van der Waals surface area contributed by atoms with E-state index in [0.717, 1.165) is 50.2 Å². The lowest BCUT2D eigenvalue weighted by Crippen LogP contribution is -2.72. The average Bonchev–Trinajstić information content (AvgIpc) is 2.90. The number of ether oxygens (including phenoxy) is 1. The van der Waals surface area contributed by atoms with E-state index in [1.807, 2.05) is 47.0 Å². The molecular weight excluding hydrogens is 476 g/mol. The van der Waals surface area contributed by atoms with Crippen molar-refractivity contribution < 1.29 is 19.1 Å². The number of likely N-dealkylation sites (tertiary alicyclic amines) is 1. The molecular formula is C27H42N4O4S. The quantitative estimate of drug-likeness (QED) is 0.389. The third-order valence-corrected chi connectivity index (χ3v) is 7.86. The highest BCUT2D eigenvalue weighted by Gasteiger charge is 2.52. The van der Waals surface area contributed by atoms with Gasteiger partial charge in [0.25, 0.3) is 0 Å². The molecule has 2 N–H and O–H groups in total. The standard InChI is InChI=1S/C27H42N4O4S/c1-3-16-31-24(32)23(12-7-8-15-28-26(34)35-21-22-10-5-4-6-11-22)29-25(33)27(31)13-18-30(19-14-27)17-9-20-36-2/h4-6,10-11,23H,3,7-9,12-21H2,1-2H3,(H,28,34)(H,29,33)/t23-/m0/s1. The van der Waals surface area contributed by atoms with Crippen molar-refractivity contribution in [1.82, 2.24) is 20.4 Å². The van der Waals surface area contributed by atoms with Crippen LogP contribution in [-0.2, 0) is 20.9 Å². The summed E-state index contributed by atoms with van der Waals surface area (Å²) in [4.78, 5) is 43.0. The van der Waals surface area contributed by atoms with E-state index in [0.29, 0.717) is 38.8 Å². The summed E-state index contributed by atoms with van der Waals surface area (Å²) >= 11 is 1.86. The van der Waals surface area contributed by atoms with Crippen LogP contribution in [0.3, 0.4) is 0 Å². The molecule has 0 aliphatic carbocycles. The fraction of sp³-hybridized carbons (Fsp3) is 0.667. The lowest BCUT2D eigenvalue weighted by Gasteiger charge is -2.51. The molecule has 2 saturated heterocycles. The molecule has 0 radical (unpaired) electrons. The van der Waals surface area contributed by atoms with E-state index in [4.69, 9.17) is 4.74 Å². The van der Waals surface area contributed by atoms with E-state index in [1.165, 1.54) is 0 Å². The van der Waals surface area contributed by atoms with Gasteiger partial charge in [-0.05, 0) is 69.1 Å². The normalized spacial score (nSPS) is 19.8. The summed E-state index contributed by atoms with van der Waals surface area (Å²) in [5.41, 5.74) is 0.235. The summed E-state index contributed by atoms with van der Waals surface area (Å²) in [5.74, 6) is 1.20. The van der Waals surface area contributed by atoms with Crippen LogP contribution in [0.25, 0.3) is 0 Å². The zero-order chi connectivity index (χ0) is 25.8. The van der Waals surface area contributed by atoms with Crippen molar-refractivity contribution in [3.05, 3.63) is 35.9 Å². The molecule has 0 saturated carbocycles. The van der Waals surface area contributed by atoms with Crippen molar-refractivity contribution in [2.45, 2.75) is 70.1 Å². The van der Waals surface area contributed by atoms with Crippen molar-refractivity contribution in [3.63, 3.8) is 0 Å². The summed E-state index contributed by atoms with van der Waals surface area (Å²) in [6, 6.07) is 9.06. The maximum Gasteiger partial charge on any atom is 0.407 e. The van der Waals surface area contributed by atoms with Gasteiger partial charge in [-0.2, -0.15) is 11.8 Å². The molecule has 3 amide bonds. The van der Waals surface area contributed by atoms with Crippen molar-refractivity contribution in [3.8, 4) is 0 Å². The summed E-state index contributed by atoms with van der Waals surface area (Å²) in [5, 5.41) is 5.82. The van der Waals surface area contributed by atoms with E-state index in [9.17, 15) is 14.4 Å². The van der Waals surface area contributed by atoms with Gasteiger partial charge in [-0.25, -0.2) is 4.79 Å². The molecule has 1 spiro atoms. The minimum absolute atomic E-state index is 0.00642. The number of piperazine rings is 1. The monoisotopic (exact) mass is 518 g/mol. The summed E-state index contributed by atoms with van der Waals surface area (Å²) in [7, 11) is 0. The minimum Gasteiger partial charge on any atom is -0.445 e. The molecule has 0 unspecified atom stereocenters. The number of nitrogens with one attached hydrogen (secondary N) is 2. The molecule has 200 valence electrons. The van der Waals surface area contributed by atoms with Gasteiger partial charge in [0.15, 0.2) is 0 Å². The summed E-state index contributed by atoms with van der Waals surface area (Å²) < 4.78 is 5.22. The Morgan fingerprint density at radius 1 is 1.14 bits per heavy atom. The van der Waals surface area contributed by atoms with Crippen molar-refractivity contribution >= 4 is 29.7 Å². The van der Waals surface area contributed by atoms with Crippen LogP contribution in [0.15, 0.2) is 30.3 Å². The molecule has 2 heterocycles. The lowest BCUT2D eigenvalue weighted by atomic mass is 9.81. The number of carbonyl (C=O) groups excluding carboxylic acids is 3. The molecule has 2 aliphatic heterocycles. The molecule has 0 bridgehead atoms. The number of piperidine rings is 1. The highest BCUT2D eigenvalue weighted by Crippen LogP contribution is 2.34. The zero-order valence-electron chi connectivity index (χ0n) is 21.8. The molecule has 1 aromatic rings. The number of nitrogens with zero attached hydrogens (tertiary/aromatic N) is 2. The molecule has 9 heteroatoms. The molecule has 36 heavy (non-hydrogen) atoms. The fourth-order valence-electron chi connectivity index (χ4n) is 5.13. The van der Waals surface area contributed by atoms with Crippen LogP contribution in [0.4, 0.5) is 4.79 Å². The SMILES string of the molecule is CCCN1C(=O)[C@H](CCCCNC(=O)OCc2ccccc2)NC(=O)C12CCN(CCCSC)CC2. The lowest BCUT2D eigenvalue weighted by molar-refractivity contribution is -0.161. The Bertz CT molecular complexity index is 845.